The number of pyridine rings is 1. The van der Waals surface area contributed by atoms with Crippen molar-refractivity contribution in [1.82, 2.24) is 10.3 Å². The van der Waals surface area contributed by atoms with Crippen LogP contribution in [0.15, 0.2) is 23.4 Å². The molecule has 1 aliphatic rings. The van der Waals surface area contributed by atoms with Gasteiger partial charge in [0.05, 0.1) is 5.03 Å². The maximum atomic E-state index is 4.62. The lowest BCUT2D eigenvalue weighted by molar-refractivity contribution is 0.394. The van der Waals surface area contributed by atoms with Crippen molar-refractivity contribution in [3.05, 3.63) is 23.9 Å². The van der Waals surface area contributed by atoms with Gasteiger partial charge in [0.2, 0.25) is 0 Å². The average Bonchev–Trinajstić information content (AvgIpc) is 2.37. The molecule has 1 aromatic heterocycles. The number of aromatic nitrogens is 1. The van der Waals surface area contributed by atoms with Gasteiger partial charge in [0.1, 0.15) is 0 Å². The summed E-state index contributed by atoms with van der Waals surface area (Å²) in [6, 6.07) is 4.39. The molecule has 1 aromatic rings. The van der Waals surface area contributed by atoms with Gasteiger partial charge in [0.25, 0.3) is 0 Å². The summed E-state index contributed by atoms with van der Waals surface area (Å²) >= 11 is 1.97. The summed E-state index contributed by atoms with van der Waals surface area (Å²) in [5.41, 5.74) is 1.42. The summed E-state index contributed by atoms with van der Waals surface area (Å²) in [5.74, 6) is 0.886. The molecule has 0 radical (unpaired) electrons. The predicted molar refractivity (Wildman–Crippen MR) is 88.1 cm³/mol. The van der Waals surface area contributed by atoms with Crippen molar-refractivity contribution in [2.45, 2.75) is 75.7 Å². The van der Waals surface area contributed by atoms with Crippen LogP contribution in [0.25, 0.3) is 0 Å². The molecule has 1 fully saturated rings. The standard InChI is InChI=1S/C17H28N2S/c1-13-6-5-7-15(10-13)20-16-9-8-14(11-18-16)12-19-17(2,3)4/h8-9,11,13,15,19H,5-7,10,12H2,1-4H3. The zero-order chi connectivity index (χ0) is 14.6. The largest absolute Gasteiger partial charge is 0.308 e. The lowest BCUT2D eigenvalue weighted by atomic mass is 9.91. The number of hydrogen-bond donors (Lipinski definition) is 1. The van der Waals surface area contributed by atoms with E-state index in [0.29, 0.717) is 0 Å². The van der Waals surface area contributed by atoms with Gasteiger partial charge in [-0.05, 0) is 51.2 Å². The van der Waals surface area contributed by atoms with E-state index in [4.69, 9.17) is 0 Å². The van der Waals surface area contributed by atoms with Crippen molar-refractivity contribution in [1.29, 1.82) is 0 Å². The van der Waals surface area contributed by atoms with Crippen LogP contribution in [0.5, 0.6) is 0 Å². The SMILES string of the molecule is CC1CCCC(Sc2ccc(CNC(C)(C)C)cn2)C1. The molecule has 2 rings (SSSR count). The highest BCUT2D eigenvalue weighted by Crippen LogP contribution is 2.35. The van der Waals surface area contributed by atoms with E-state index in [1.807, 2.05) is 18.0 Å². The Hall–Kier alpha value is -0.540. The van der Waals surface area contributed by atoms with E-state index in [1.165, 1.54) is 36.3 Å². The maximum absolute atomic E-state index is 4.62. The maximum Gasteiger partial charge on any atom is 0.0962 e. The zero-order valence-corrected chi connectivity index (χ0v) is 14.1. The van der Waals surface area contributed by atoms with Gasteiger partial charge in [0.15, 0.2) is 0 Å². The molecule has 2 atom stereocenters. The van der Waals surface area contributed by atoms with Gasteiger partial charge in [-0.2, -0.15) is 0 Å². The molecular weight excluding hydrogens is 264 g/mol. The van der Waals surface area contributed by atoms with Crippen molar-refractivity contribution in [2.24, 2.45) is 5.92 Å². The summed E-state index contributed by atoms with van der Waals surface area (Å²) < 4.78 is 0. The zero-order valence-electron chi connectivity index (χ0n) is 13.3. The van der Waals surface area contributed by atoms with Crippen molar-refractivity contribution >= 4 is 11.8 Å². The third kappa shape index (κ3) is 5.45. The van der Waals surface area contributed by atoms with Gasteiger partial charge in [-0.1, -0.05) is 25.8 Å². The molecule has 3 heteroatoms. The molecule has 0 aliphatic heterocycles. The first-order chi connectivity index (χ1) is 9.42. The van der Waals surface area contributed by atoms with E-state index in [2.05, 4.69) is 50.1 Å². The van der Waals surface area contributed by atoms with Crippen LogP contribution in [-0.4, -0.2) is 15.8 Å². The average molecular weight is 292 g/mol. The third-order valence-corrected chi connectivity index (χ3v) is 5.04. The number of hydrogen-bond acceptors (Lipinski definition) is 3. The molecule has 2 nitrogen and oxygen atoms in total. The third-order valence-electron chi connectivity index (χ3n) is 3.80. The second-order valence-electron chi connectivity index (χ2n) is 7.12. The molecule has 20 heavy (non-hydrogen) atoms. The molecule has 1 aliphatic carbocycles. The molecule has 1 N–H and O–H groups in total. The summed E-state index contributed by atoms with van der Waals surface area (Å²) in [6.07, 6.45) is 7.51. The summed E-state index contributed by atoms with van der Waals surface area (Å²) in [7, 11) is 0. The van der Waals surface area contributed by atoms with Crippen LogP contribution in [0, 0.1) is 5.92 Å². The minimum Gasteiger partial charge on any atom is -0.308 e. The number of nitrogens with one attached hydrogen (secondary N) is 1. The summed E-state index contributed by atoms with van der Waals surface area (Å²) in [4.78, 5) is 4.62. The van der Waals surface area contributed by atoms with Gasteiger partial charge in [-0.15, -0.1) is 11.8 Å². The Bertz CT molecular complexity index is 408. The van der Waals surface area contributed by atoms with Crippen molar-refractivity contribution in [3.63, 3.8) is 0 Å². The number of thioether (sulfide) groups is 1. The molecule has 0 saturated heterocycles. The Balaban J connectivity index is 1.85. The van der Waals surface area contributed by atoms with Crippen molar-refractivity contribution in [2.75, 3.05) is 0 Å². The van der Waals surface area contributed by atoms with Crippen LogP contribution in [0.4, 0.5) is 0 Å². The molecule has 0 bridgehead atoms. The normalized spacial score (nSPS) is 23.8. The Morgan fingerprint density at radius 1 is 1.30 bits per heavy atom. The van der Waals surface area contributed by atoms with Gasteiger partial charge in [-0.25, -0.2) is 4.98 Å². The minimum absolute atomic E-state index is 0.158. The first-order valence-electron chi connectivity index (χ1n) is 7.79. The lowest BCUT2D eigenvalue weighted by Gasteiger charge is -2.25. The van der Waals surface area contributed by atoms with Crippen molar-refractivity contribution < 1.29 is 0 Å². The second-order valence-corrected chi connectivity index (χ2v) is 8.44. The lowest BCUT2D eigenvalue weighted by Crippen LogP contribution is -2.35. The van der Waals surface area contributed by atoms with Crippen LogP contribution < -0.4 is 5.32 Å². The fourth-order valence-corrected chi connectivity index (χ4v) is 3.92. The van der Waals surface area contributed by atoms with E-state index < -0.39 is 0 Å². The van der Waals surface area contributed by atoms with Gasteiger partial charge in [0, 0.05) is 23.5 Å². The minimum atomic E-state index is 0.158. The number of rotatable bonds is 4. The van der Waals surface area contributed by atoms with Crippen LogP contribution >= 0.6 is 11.8 Å². The highest BCUT2D eigenvalue weighted by Gasteiger charge is 2.20. The predicted octanol–water partition coefficient (Wildman–Crippen LogP) is 4.64. The molecule has 0 spiro atoms. The Morgan fingerprint density at radius 3 is 2.70 bits per heavy atom. The fraction of sp³-hybridized carbons (Fsp3) is 0.706. The smallest absolute Gasteiger partial charge is 0.0962 e. The van der Waals surface area contributed by atoms with Gasteiger partial charge in [-0.3, -0.25) is 0 Å². The van der Waals surface area contributed by atoms with Crippen LogP contribution in [0.2, 0.25) is 0 Å². The molecule has 2 unspecified atom stereocenters. The second kappa shape index (κ2) is 6.95. The van der Waals surface area contributed by atoms with Crippen LogP contribution in [0.3, 0.4) is 0 Å². The monoisotopic (exact) mass is 292 g/mol. The highest BCUT2D eigenvalue weighted by atomic mass is 32.2. The molecule has 0 amide bonds. The Labute approximate surface area is 128 Å². The van der Waals surface area contributed by atoms with Gasteiger partial charge >= 0.3 is 0 Å². The Kier molecular flexibility index (Phi) is 5.50. The fourth-order valence-electron chi connectivity index (χ4n) is 2.61. The van der Waals surface area contributed by atoms with Crippen LogP contribution in [-0.2, 0) is 6.54 Å². The molecular formula is C17H28N2S. The number of nitrogens with zero attached hydrogens (tertiary/aromatic N) is 1. The van der Waals surface area contributed by atoms with Crippen molar-refractivity contribution in [3.8, 4) is 0 Å². The molecule has 112 valence electrons. The van der Waals surface area contributed by atoms with E-state index in [-0.39, 0.29) is 5.54 Å². The topological polar surface area (TPSA) is 24.9 Å². The molecule has 0 aromatic carbocycles. The summed E-state index contributed by atoms with van der Waals surface area (Å²) in [6.45, 7) is 9.84. The molecule has 1 heterocycles. The van der Waals surface area contributed by atoms with E-state index in [0.717, 1.165) is 17.7 Å². The Morgan fingerprint density at radius 2 is 2.10 bits per heavy atom. The molecule has 1 saturated carbocycles. The van der Waals surface area contributed by atoms with E-state index in [1.54, 1.807) is 0 Å². The first kappa shape index (κ1) is 15.8. The summed E-state index contributed by atoms with van der Waals surface area (Å²) in [5, 5.41) is 5.45. The van der Waals surface area contributed by atoms with Gasteiger partial charge < -0.3 is 5.32 Å². The quantitative estimate of drug-likeness (QED) is 0.875. The highest BCUT2D eigenvalue weighted by molar-refractivity contribution is 7.99. The van der Waals surface area contributed by atoms with E-state index in [9.17, 15) is 0 Å². The van der Waals surface area contributed by atoms with E-state index >= 15 is 0 Å². The first-order valence-corrected chi connectivity index (χ1v) is 8.67. The van der Waals surface area contributed by atoms with Crippen LogP contribution in [0.1, 0.15) is 58.9 Å².